The quantitative estimate of drug-likeness (QED) is 0.208. The third-order valence-electron chi connectivity index (χ3n) is 6.40. The molecular weight excluding hydrogens is 598 g/mol. The van der Waals surface area contributed by atoms with Crippen LogP contribution in [0.3, 0.4) is 0 Å². The van der Waals surface area contributed by atoms with Gasteiger partial charge in [0.15, 0.2) is 5.75 Å². The van der Waals surface area contributed by atoms with Crippen molar-refractivity contribution in [3.05, 3.63) is 71.9 Å². The summed E-state index contributed by atoms with van der Waals surface area (Å²) < 4.78 is 51.0. The number of carbonyl (C=O) groups is 2. The Morgan fingerprint density at radius 1 is 0.867 bits per heavy atom. The van der Waals surface area contributed by atoms with Crippen LogP contribution >= 0.6 is 0 Å². The molecule has 1 heterocycles. The van der Waals surface area contributed by atoms with Crippen LogP contribution in [0.2, 0.25) is 0 Å². The number of hydrogen-bond donors (Lipinski definition) is 1. The van der Waals surface area contributed by atoms with Crippen molar-refractivity contribution in [2.24, 2.45) is 0 Å². The summed E-state index contributed by atoms with van der Waals surface area (Å²) in [7, 11) is -4.54. The molecule has 1 N–H and O–H groups in total. The van der Waals surface area contributed by atoms with Crippen LogP contribution in [0.5, 0.6) is 11.5 Å². The number of aryl methyl sites for hydroxylation is 1. The van der Waals surface area contributed by atoms with E-state index in [0.29, 0.717) is 40.0 Å². The highest BCUT2D eigenvalue weighted by atomic mass is 32.2. The van der Waals surface area contributed by atoms with E-state index in [1.165, 1.54) is 6.07 Å². The lowest BCUT2D eigenvalue weighted by Gasteiger charge is -2.28. The molecule has 238 valence electrons. The van der Waals surface area contributed by atoms with Crippen LogP contribution in [0.25, 0.3) is 22.3 Å². The lowest BCUT2D eigenvalue weighted by atomic mass is 10.1. The van der Waals surface area contributed by atoms with Gasteiger partial charge in [-0.05, 0) is 96.3 Å². The first kappa shape index (κ1) is 33.3. The summed E-state index contributed by atoms with van der Waals surface area (Å²) in [6.07, 6.45) is 0.319. The molecule has 0 fully saturated rings. The van der Waals surface area contributed by atoms with E-state index in [1.54, 1.807) is 96.3 Å². The maximum atomic E-state index is 13.0. The van der Waals surface area contributed by atoms with Crippen molar-refractivity contribution in [1.29, 1.82) is 0 Å². The van der Waals surface area contributed by atoms with E-state index in [4.69, 9.17) is 19.2 Å². The minimum atomic E-state index is -4.54. The lowest BCUT2D eigenvalue weighted by molar-refractivity contribution is 0.0430. The van der Waals surface area contributed by atoms with Crippen molar-refractivity contribution in [3.8, 4) is 22.8 Å². The highest BCUT2D eigenvalue weighted by Crippen LogP contribution is 2.36. The Balaban J connectivity index is 1.68. The summed E-state index contributed by atoms with van der Waals surface area (Å²) in [5, 5.41) is 0. The van der Waals surface area contributed by atoms with E-state index >= 15 is 0 Å². The van der Waals surface area contributed by atoms with Gasteiger partial charge in [0.2, 0.25) is 0 Å². The zero-order valence-corrected chi connectivity index (χ0v) is 27.4. The molecule has 1 aromatic heterocycles. The highest BCUT2D eigenvalue weighted by molar-refractivity contribution is 7.86. The zero-order valence-electron chi connectivity index (χ0n) is 26.5. The number of amides is 2. The number of rotatable bonds is 6. The predicted octanol–water partition coefficient (Wildman–Crippen LogP) is 7.88. The number of anilines is 1. The molecular formula is C33H37N3O8S. The fraction of sp³-hybridized carbons (Fsp3) is 0.333. The smallest absolute Gasteiger partial charge is 0.424 e. The van der Waals surface area contributed by atoms with Gasteiger partial charge in [0, 0.05) is 11.6 Å². The summed E-state index contributed by atoms with van der Waals surface area (Å²) in [5.74, 6) is 0.360. The molecule has 0 aliphatic heterocycles. The summed E-state index contributed by atoms with van der Waals surface area (Å²) in [6.45, 7) is 13.9. The average molecular weight is 636 g/mol. The van der Waals surface area contributed by atoms with E-state index in [1.807, 2.05) is 13.8 Å². The first-order chi connectivity index (χ1) is 20.9. The van der Waals surface area contributed by atoms with Crippen molar-refractivity contribution in [2.45, 2.75) is 77.9 Å². The summed E-state index contributed by atoms with van der Waals surface area (Å²) in [6, 6.07) is 14.4. The standard InChI is InChI=1S/C33H37N3O8S/c1-9-24-20(2)10-17-28(45(39,40)41)29(24)42-23-15-16-25-26(18-23)35-27(19-34-25)21-11-13-22(14-12-21)36(30(37)43-32(3,4)5)31(38)44-33(6,7)8/h10-19H,9H2,1-8H3,(H,39,40,41). The Bertz CT molecular complexity index is 1830. The van der Waals surface area contributed by atoms with Crippen molar-refractivity contribution in [2.75, 3.05) is 4.90 Å². The van der Waals surface area contributed by atoms with Gasteiger partial charge in [-0.25, -0.2) is 14.6 Å². The van der Waals surface area contributed by atoms with Crippen LogP contribution in [-0.2, 0) is 26.0 Å². The molecule has 0 aliphatic rings. The monoisotopic (exact) mass is 635 g/mol. The SMILES string of the molecule is CCc1c(C)ccc(S(=O)(=O)O)c1Oc1ccc2ncc(-c3ccc(N(C(=O)OC(C)(C)C)C(=O)OC(C)(C)C)cc3)nc2c1. The number of fused-ring (bicyclic) bond motifs is 1. The lowest BCUT2D eigenvalue weighted by Crippen LogP contribution is -2.43. The zero-order chi connectivity index (χ0) is 33.3. The fourth-order valence-electron chi connectivity index (χ4n) is 4.45. The fourth-order valence-corrected chi connectivity index (χ4v) is 5.09. The normalized spacial score (nSPS) is 12.1. The molecule has 0 saturated carbocycles. The van der Waals surface area contributed by atoms with Gasteiger partial charge in [0.25, 0.3) is 10.1 Å². The summed E-state index contributed by atoms with van der Waals surface area (Å²) in [5.41, 5.74) is 2.21. The topological polar surface area (TPSA) is 145 Å². The van der Waals surface area contributed by atoms with Gasteiger partial charge < -0.3 is 14.2 Å². The van der Waals surface area contributed by atoms with Gasteiger partial charge in [0.1, 0.15) is 21.8 Å². The molecule has 0 spiro atoms. The number of ether oxygens (including phenoxy) is 3. The van der Waals surface area contributed by atoms with Crippen LogP contribution in [-0.4, -0.2) is 46.3 Å². The van der Waals surface area contributed by atoms with Gasteiger partial charge in [-0.2, -0.15) is 13.3 Å². The van der Waals surface area contributed by atoms with E-state index < -0.39 is 33.5 Å². The third kappa shape index (κ3) is 8.14. The molecule has 12 heteroatoms. The molecule has 4 rings (SSSR count). The Hall–Kier alpha value is -4.55. The molecule has 2 amide bonds. The third-order valence-corrected chi connectivity index (χ3v) is 7.27. The van der Waals surface area contributed by atoms with Gasteiger partial charge >= 0.3 is 12.2 Å². The van der Waals surface area contributed by atoms with Crippen molar-refractivity contribution in [1.82, 2.24) is 9.97 Å². The molecule has 0 radical (unpaired) electrons. The Kier molecular flexibility index (Phi) is 9.22. The van der Waals surface area contributed by atoms with E-state index in [2.05, 4.69) is 4.98 Å². The maximum Gasteiger partial charge on any atom is 0.424 e. The second kappa shape index (κ2) is 12.4. The van der Waals surface area contributed by atoms with Gasteiger partial charge in [-0.15, -0.1) is 0 Å². The highest BCUT2D eigenvalue weighted by Gasteiger charge is 2.32. The number of aromatic nitrogens is 2. The molecule has 45 heavy (non-hydrogen) atoms. The second-order valence-electron chi connectivity index (χ2n) is 12.4. The van der Waals surface area contributed by atoms with E-state index in [9.17, 15) is 22.6 Å². The largest absolute Gasteiger partial charge is 0.456 e. The van der Waals surface area contributed by atoms with Crippen LogP contribution < -0.4 is 9.64 Å². The number of nitrogens with zero attached hydrogens (tertiary/aromatic N) is 3. The Labute approximate surface area is 262 Å². The first-order valence-corrected chi connectivity index (χ1v) is 15.7. The van der Waals surface area contributed by atoms with Crippen LogP contribution in [0, 0.1) is 6.92 Å². The number of carbonyl (C=O) groups excluding carboxylic acids is 2. The molecule has 0 bridgehead atoms. The van der Waals surface area contributed by atoms with Crippen LogP contribution in [0.1, 0.15) is 59.6 Å². The minimum Gasteiger partial charge on any atom is -0.456 e. The summed E-state index contributed by atoms with van der Waals surface area (Å²) >= 11 is 0. The van der Waals surface area contributed by atoms with E-state index in [-0.39, 0.29) is 16.3 Å². The molecule has 3 aromatic carbocycles. The van der Waals surface area contributed by atoms with Gasteiger partial charge in [-0.1, -0.05) is 25.1 Å². The number of benzene rings is 3. The molecule has 0 aliphatic carbocycles. The molecule has 11 nitrogen and oxygen atoms in total. The number of imide groups is 1. The van der Waals surface area contributed by atoms with Crippen molar-refractivity contribution < 1.29 is 36.8 Å². The predicted molar refractivity (Wildman–Crippen MR) is 170 cm³/mol. The van der Waals surface area contributed by atoms with Crippen molar-refractivity contribution >= 4 is 39.0 Å². The van der Waals surface area contributed by atoms with Crippen LogP contribution in [0.15, 0.2) is 65.7 Å². The first-order valence-electron chi connectivity index (χ1n) is 14.3. The minimum absolute atomic E-state index is 0.0542. The molecule has 0 unspecified atom stereocenters. The average Bonchev–Trinajstić information content (AvgIpc) is 2.90. The Morgan fingerprint density at radius 2 is 1.47 bits per heavy atom. The molecule has 0 atom stereocenters. The second-order valence-corrected chi connectivity index (χ2v) is 13.8. The van der Waals surface area contributed by atoms with Crippen LogP contribution in [0.4, 0.5) is 15.3 Å². The van der Waals surface area contributed by atoms with Gasteiger partial charge in [-0.3, -0.25) is 9.54 Å². The van der Waals surface area contributed by atoms with E-state index in [0.717, 1.165) is 10.5 Å². The summed E-state index contributed by atoms with van der Waals surface area (Å²) in [4.78, 5) is 35.7. The Morgan fingerprint density at radius 3 is 2.00 bits per heavy atom. The molecule has 0 saturated heterocycles. The number of hydrogen-bond acceptors (Lipinski definition) is 9. The maximum absolute atomic E-state index is 13.0. The van der Waals surface area contributed by atoms with Gasteiger partial charge in [0.05, 0.1) is 28.6 Å². The van der Waals surface area contributed by atoms with Crippen molar-refractivity contribution in [3.63, 3.8) is 0 Å². The molecule has 4 aromatic rings.